The van der Waals surface area contributed by atoms with Crippen molar-refractivity contribution in [2.75, 3.05) is 26.9 Å². The molecule has 1 fully saturated rings. The average molecular weight is 351 g/mol. The van der Waals surface area contributed by atoms with Crippen molar-refractivity contribution in [3.63, 3.8) is 0 Å². The molecule has 1 saturated heterocycles. The van der Waals surface area contributed by atoms with Gasteiger partial charge in [-0.3, -0.25) is 4.79 Å². The predicted molar refractivity (Wildman–Crippen MR) is 95.9 cm³/mol. The summed E-state index contributed by atoms with van der Waals surface area (Å²) in [6.45, 7) is 8.52. The molecule has 1 aliphatic heterocycles. The minimum absolute atomic E-state index is 0.0296. The molecule has 2 rings (SSSR count). The largest absolute Gasteiger partial charge is 0.493 e. The Kier molecular flexibility index (Phi) is 7.08. The first-order chi connectivity index (χ1) is 11.9. The maximum Gasteiger partial charge on any atom is 0.258 e. The fourth-order valence-electron chi connectivity index (χ4n) is 2.82. The average Bonchev–Trinajstić information content (AvgIpc) is 3.05. The Labute approximate surface area is 150 Å². The van der Waals surface area contributed by atoms with Gasteiger partial charge in [0.25, 0.3) is 5.91 Å². The van der Waals surface area contributed by atoms with Crippen LogP contribution in [0.25, 0.3) is 0 Å². The number of hydrogen-bond donors (Lipinski definition) is 2. The number of nitrogens with one attached hydrogen (secondary N) is 1. The summed E-state index contributed by atoms with van der Waals surface area (Å²) in [7, 11) is 1.61. The van der Waals surface area contributed by atoms with E-state index in [0.717, 1.165) is 31.7 Å². The number of quaternary nitrogens is 1. The molecule has 1 aromatic rings. The van der Waals surface area contributed by atoms with E-state index >= 15 is 0 Å². The molecule has 1 aliphatic rings. The van der Waals surface area contributed by atoms with Gasteiger partial charge in [-0.2, -0.15) is 0 Å². The molecule has 6 heteroatoms. The van der Waals surface area contributed by atoms with Gasteiger partial charge in [-0.1, -0.05) is 0 Å². The summed E-state index contributed by atoms with van der Waals surface area (Å²) in [4.78, 5) is 11.9. The lowest BCUT2D eigenvalue weighted by Gasteiger charge is -2.20. The first-order valence-corrected chi connectivity index (χ1v) is 8.91. The van der Waals surface area contributed by atoms with Crippen LogP contribution in [-0.2, 0) is 16.1 Å². The molecule has 25 heavy (non-hydrogen) atoms. The highest BCUT2D eigenvalue weighted by atomic mass is 16.5. The Morgan fingerprint density at radius 3 is 2.80 bits per heavy atom. The molecule has 0 spiro atoms. The zero-order valence-electron chi connectivity index (χ0n) is 15.8. The molecular formula is C19H31N2O4+. The molecule has 0 unspecified atom stereocenters. The minimum atomic E-state index is -0.271. The lowest BCUT2D eigenvalue weighted by molar-refractivity contribution is -0.676. The topological polar surface area (TPSA) is 73.4 Å². The Morgan fingerprint density at radius 2 is 2.16 bits per heavy atom. The number of ether oxygens (including phenoxy) is 3. The Balaban J connectivity index is 1.84. The van der Waals surface area contributed by atoms with Crippen molar-refractivity contribution in [2.24, 2.45) is 0 Å². The zero-order valence-corrected chi connectivity index (χ0v) is 15.8. The minimum Gasteiger partial charge on any atom is -0.493 e. The lowest BCUT2D eigenvalue weighted by atomic mass is 10.1. The van der Waals surface area contributed by atoms with Gasteiger partial charge in [0.05, 0.1) is 7.11 Å². The van der Waals surface area contributed by atoms with Gasteiger partial charge < -0.3 is 24.8 Å². The van der Waals surface area contributed by atoms with Gasteiger partial charge in [0.2, 0.25) is 0 Å². The monoisotopic (exact) mass is 351 g/mol. The van der Waals surface area contributed by atoms with E-state index in [1.165, 1.54) is 6.42 Å². The third kappa shape index (κ3) is 6.92. The van der Waals surface area contributed by atoms with Gasteiger partial charge in [0.15, 0.2) is 18.1 Å². The van der Waals surface area contributed by atoms with Crippen LogP contribution in [0.1, 0.15) is 39.2 Å². The Hall–Kier alpha value is -1.79. The SMILES string of the molecule is COc1cc(C[NH2+]C[C@@H]2CCCO2)ccc1OCC(=O)NC(C)(C)C. The second-order valence-corrected chi connectivity index (χ2v) is 7.44. The molecule has 1 amide bonds. The summed E-state index contributed by atoms with van der Waals surface area (Å²) in [6, 6.07) is 5.83. The van der Waals surface area contributed by atoms with Crippen molar-refractivity contribution in [2.45, 2.75) is 51.8 Å². The van der Waals surface area contributed by atoms with Gasteiger partial charge in [0.1, 0.15) is 19.2 Å². The normalized spacial score (nSPS) is 17.4. The van der Waals surface area contributed by atoms with Crippen molar-refractivity contribution in [3.05, 3.63) is 23.8 Å². The van der Waals surface area contributed by atoms with Crippen molar-refractivity contribution >= 4 is 5.91 Å². The van der Waals surface area contributed by atoms with E-state index < -0.39 is 0 Å². The maximum absolute atomic E-state index is 11.9. The molecule has 0 saturated carbocycles. The summed E-state index contributed by atoms with van der Waals surface area (Å²) < 4.78 is 16.6. The van der Waals surface area contributed by atoms with Crippen molar-refractivity contribution in [3.8, 4) is 11.5 Å². The fourth-order valence-corrected chi connectivity index (χ4v) is 2.82. The molecule has 1 heterocycles. The van der Waals surface area contributed by atoms with Crippen LogP contribution in [0.5, 0.6) is 11.5 Å². The van der Waals surface area contributed by atoms with Crippen molar-refractivity contribution in [1.82, 2.24) is 5.32 Å². The van der Waals surface area contributed by atoms with Crippen molar-refractivity contribution < 1.29 is 24.3 Å². The van der Waals surface area contributed by atoms with Crippen LogP contribution < -0.4 is 20.1 Å². The molecular weight excluding hydrogens is 320 g/mol. The van der Waals surface area contributed by atoms with E-state index in [0.29, 0.717) is 17.6 Å². The number of methoxy groups -OCH3 is 1. The quantitative estimate of drug-likeness (QED) is 0.739. The number of amides is 1. The fraction of sp³-hybridized carbons (Fsp3) is 0.632. The van der Waals surface area contributed by atoms with Gasteiger partial charge in [-0.15, -0.1) is 0 Å². The number of carbonyl (C=O) groups is 1. The van der Waals surface area contributed by atoms with Crippen LogP contribution in [-0.4, -0.2) is 44.4 Å². The lowest BCUT2D eigenvalue weighted by Crippen LogP contribution is -2.84. The van der Waals surface area contributed by atoms with Gasteiger partial charge in [0, 0.05) is 17.7 Å². The summed E-state index contributed by atoms with van der Waals surface area (Å²) >= 11 is 0. The van der Waals surface area contributed by atoms with Crippen LogP contribution in [0.3, 0.4) is 0 Å². The van der Waals surface area contributed by atoms with Crippen LogP contribution in [0.15, 0.2) is 18.2 Å². The Bertz CT molecular complexity index is 563. The van der Waals surface area contributed by atoms with E-state index in [1.54, 1.807) is 7.11 Å². The van der Waals surface area contributed by atoms with Gasteiger partial charge in [-0.05, 0) is 51.8 Å². The second kappa shape index (κ2) is 9.06. The highest BCUT2D eigenvalue weighted by Gasteiger charge is 2.17. The number of hydrogen-bond acceptors (Lipinski definition) is 4. The highest BCUT2D eigenvalue weighted by Crippen LogP contribution is 2.27. The highest BCUT2D eigenvalue weighted by molar-refractivity contribution is 5.78. The molecule has 0 aromatic heterocycles. The standard InChI is InChI=1S/C19H30N2O4/c1-19(2,3)21-18(22)13-25-16-8-7-14(10-17(16)23-4)11-20-12-15-6-5-9-24-15/h7-8,10,15,20H,5-6,9,11-13H2,1-4H3,(H,21,22)/p+1/t15-/m0/s1. The van der Waals surface area contributed by atoms with E-state index in [2.05, 4.69) is 10.6 Å². The number of carbonyl (C=O) groups excluding carboxylic acids is 1. The van der Waals surface area contributed by atoms with Gasteiger partial charge in [-0.25, -0.2) is 0 Å². The van der Waals surface area contributed by atoms with E-state index in [-0.39, 0.29) is 18.1 Å². The molecule has 140 valence electrons. The first kappa shape index (κ1) is 19.5. The third-order valence-electron chi connectivity index (χ3n) is 3.93. The molecule has 1 atom stereocenters. The zero-order chi connectivity index (χ0) is 18.3. The maximum atomic E-state index is 11.9. The van der Waals surface area contributed by atoms with Crippen LogP contribution >= 0.6 is 0 Å². The summed E-state index contributed by atoms with van der Waals surface area (Å²) in [5, 5.41) is 5.12. The molecule has 6 nitrogen and oxygen atoms in total. The van der Waals surface area contributed by atoms with E-state index in [1.807, 2.05) is 39.0 Å². The van der Waals surface area contributed by atoms with Crippen LogP contribution in [0.4, 0.5) is 0 Å². The van der Waals surface area contributed by atoms with Crippen molar-refractivity contribution in [1.29, 1.82) is 0 Å². The predicted octanol–water partition coefficient (Wildman–Crippen LogP) is 1.23. The van der Waals surface area contributed by atoms with E-state index in [4.69, 9.17) is 14.2 Å². The smallest absolute Gasteiger partial charge is 0.258 e. The van der Waals surface area contributed by atoms with Crippen LogP contribution in [0.2, 0.25) is 0 Å². The third-order valence-corrected chi connectivity index (χ3v) is 3.93. The number of nitrogens with two attached hydrogens (primary N) is 1. The molecule has 0 aliphatic carbocycles. The number of rotatable bonds is 8. The molecule has 0 radical (unpaired) electrons. The number of benzene rings is 1. The first-order valence-electron chi connectivity index (χ1n) is 8.91. The van der Waals surface area contributed by atoms with E-state index in [9.17, 15) is 4.79 Å². The molecule has 0 bridgehead atoms. The Morgan fingerprint density at radius 1 is 1.36 bits per heavy atom. The van der Waals surface area contributed by atoms with Crippen LogP contribution in [0, 0.1) is 0 Å². The summed E-state index contributed by atoms with van der Waals surface area (Å²) in [5.41, 5.74) is 0.883. The molecule has 3 N–H and O–H groups in total. The summed E-state index contributed by atoms with van der Waals surface area (Å²) in [6.07, 6.45) is 2.70. The second-order valence-electron chi connectivity index (χ2n) is 7.44. The summed E-state index contributed by atoms with van der Waals surface area (Å²) in [5.74, 6) is 1.07. The molecule has 1 aromatic carbocycles. The van der Waals surface area contributed by atoms with Gasteiger partial charge >= 0.3 is 0 Å².